The van der Waals surface area contributed by atoms with Crippen LogP contribution in [0.1, 0.15) is 30.2 Å². The fourth-order valence-electron chi connectivity index (χ4n) is 1.50. The molecule has 0 fully saturated rings. The van der Waals surface area contributed by atoms with E-state index in [0.717, 1.165) is 5.39 Å². The maximum absolute atomic E-state index is 10.9. The topological polar surface area (TPSA) is 55.1 Å². The lowest BCUT2D eigenvalue weighted by atomic mass is 10.1. The molecule has 0 aliphatic rings. The number of hydrogen-bond acceptors (Lipinski definition) is 2. The third kappa shape index (κ3) is 1.58. The van der Waals surface area contributed by atoms with Gasteiger partial charge in [-0.15, -0.1) is 0 Å². The lowest BCUT2D eigenvalue weighted by Gasteiger charge is -2.02. The van der Waals surface area contributed by atoms with Gasteiger partial charge in [-0.25, -0.2) is 4.79 Å². The van der Waals surface area contributed by atoms with Crippen LogP contribution in [0.3, 0.4) is 0 Å². The quantitative estimate of drug-likeness (QED) is 0.816. The van der Waals surface area contributed by atoms with Crippen molar-refractivity contribution in [1.82, 2.24) is 9.78 Å². The summed E-state index contributed by atoms with van der Waals surface area (Å²) in [4.78, 5) is 10.9. The average Bonchev–Trinajstić information content (AvgIpc) is 2.60. The van der Waals surface area contributed by atoms with Crippen LogP contribution in [0, 0.1) is 0 Å². The van der Waals surface area contributed by atoms with E-state index in [1.807, 2.05) is 26.1 Å². The maximum atomic E-state index is 10.9. The van der Waals surface area contributed by atoms with Gasteiger partial charge in [0.05, 0.1) is 5.56 Å². The number of rotatable bonds is 2. The Morgan fingerprint density at radius 1 is 1.47 bits per heavy atom. The van der Waals surface area contributed by atoms with E-state index in [1.165, 1.54) is 0 Å². The molecule has 1 N–H and O–H groups in total. The molecule has 0 spiro atoms. The summed E-state index contributed by atoms with van der Waals surface area (Å²) < 4.78 is 1.77. The van der Waals surface area contributed by atoms with Gasteiger partial charge in [0.25, 0.3) is 0 Å². The van der Waals surface area contributed by atoms with Crippen LogP contribution in [-0.2, 0) is 0 Å². The van der Waals surface area contributed by atoms with Crippen molar-refractivity contribution in [2.75, 3.05) is 0 Å². The summed E-state index contributed by atoms with van der Waals surface area (Å²) in [6.45, 7) is 4.01. The molecule has 15 heavy (non-hydrogen) atoms. The first-order valence-electron chi connectivity index (χ1n) is 4.81. The highest BCUT2D eigenvalue weighted by molar-refractivity contribution is 6.01. The minimum Gasteiger partial charge on any atom is -0.478 e. The molecule has 0 aliphatic carbocycles. The monoisotopic (exact) mass is 204 g/mol. The third-order valence-electron chi connectivity index (χ3n) is 2.31. The molecule has 0 saturated heterocycles. The van der Waals surface area contributed by atoms with Crippen LogP contribution in [0.25, 0.3) is 10.9 Å². The van der Waals surface area contributed by atoms with Crippen molar-refractivity contribution in [1.29, 1.82) is 0 Å². The van der Waals surface area contributed by atoms with Crippen LogP contribution < -0.4 is 0 Å². The zero-order chi connectivity index (χ0) is 11.0. The van der Waals surface area contributed by atoms with Crippen LogP contribution in [0.2, 0.25) is 0 Å². The zero-order valence-electron chi connectivity index (χ0n) is 8.64. The average molecular weight is 204 g/mol. The minimum atomic E-state index is -0.936. The molecule has 1 heterocycles. The first-order valence-corrected chi connectivity index (χ1v) is 4.81. The highest BCUT2D eigenvalue weighted by Gasteiger charge is 2.12. The molecule has 4 nitrogen and oxygen atoms in total. The van der Waals surface area contributed by atoms with Gasteiger partial charge < -0.3 is 5.11 Å². The molecular weight excluding hydrogens is 192 g/mol. The van der Waals surface area contributed by atoms with Crippen LogP contribution in [-0.4, -0.2) is 20.9 Å². The number of carboxylic acids is 1. The summed E-state index contributed by atoms with van der Waals surface area (Å²) in [6, 6.07) is 5.41. The van der Waals surface area contributed by atoms with Crippen molar-refractivity contribution in [3.8, 4) is 0 Å². The number of carboxylic acid groups (broad SMARTS) is 1. The van der Waals surface area contributed by atoms with Gasteiger partial charge in [-0.1, -0.05) is 12.1 Å². The van der Waals surface area contributed by atoms with Crippen molar-refractivity contribution >= 4 is 16.9 Å². The first kappa shape index (κ1) is 9.71. The van der Waals surface area contributed by atoms with Gasteiger partial charge in [-0.3, -0.25) is 4.68 Å². The van der Waals surface area contributed by atoms with Crippen molar-refractivity contribution < 1.29 is 9.90 Å². The van der Waals surface area contributed by atoms with Gasteiger partial charge in [-0.2, -0.15) is 5.10 Å². The summed E-state index contributed by atoms with van der Waals surface area (Å²) in [6.07, 6.45) is 1.87. The standard InChI is InChI=1S/C11H12N2O2/c1-7(2)13-6-8-4-3-5-9(11(14)15)10(8)12-13/h3-7H,1-2H3,(H,14,15). The molecule has 2 aromatic rings. The highest BCUT2D eigenvalue weighted by atomic mass is 16.4. The third-order valence-corrected chi connectivity index (χ3v) is 2.31. The second-order valence-corrected chi connectivity index (χ2v) is 3.75. The maximum Gasteiger partial charge on any atom is 0.337 e. The second-order valence-electron chi connectivity index (χ2n) is 3.75. The van der Waals surface area contributed by atoms with Crippen LogP contribution >= 0.6 is 0 Å². The molecule has 0 amide bonds. The molecule has 2 rings (SSSR count). The van der Waals surface area contributed by atoms with Crippen molar-refractivity contribution in [2.24, 2.45) is 0 Å². The van der Waals surface area contributed by atoms with Gasteiger partial charge in [0.2, 0.25) is 0 Å². The Labute approximate surface area is 87.1 Å². The van der Waals surface area contributed by atoms with E-state index < -0.39 is 5.97 Å². The van der Waals surface area contributed by atoms with Gasteiger partial charge in [0, 0.05) is 17.6 Å². The summed E-state index contributed by atoms with van der Waals surface area (Å²) >= 11 is 0. The lowest BCUT2D eigenvalue weighted by molar-refractivity contribution is 0.0699. The van der Waals surface area contributed by atoms with E-state index >= 15 is 0 Å². The van der Waals surface area contributed by atoms with Crippen LogP contribution in [0.15, 0.2) is 24.4 Å². The molecule has 0 aliphatic heterocycles. The summed E-state index contributed by atoms with van der Waals surface area (Å²) in [7, 11) is 0. The fourth-order valence-corrected chi connectivity index (χ4v) is 1.50. The number of carbonyl (C=O) groups is 1. The number of benzene rings is 1. The summed E-state index contributed by atoms with van der Waals surface area (Å²) in [5, 5.41) is 14.1. The van der Waals surface area contributed by atoms with E-state index in [0.29, 0.717) is 5.52 Å². The largest absolute Gasteiger partial charge is 0.478 e. The van der Waals surface area contributed by atoms with Crippen molar-refractivity contribution in [3.05, 3.63) is 30.0 Å². The summed E-state index contributed by atoms with van der Waals surface area (Å²) in [5.74, 6) is -0.936. The molecule has 78 valence electrons. The molecule has 0 radical (unpaired) electrons. The molecule has 1 aromatic carbocycles. The van der Waals surface area contributed by atoms with Gasteiger partial charge >= 0.3 is 5.97 Å². The minimum absolute atomic E-state index is 0.235. The van der Waals surface area contributed by atoms with Crippen LogP contribution in [0.5, 0.6) is 0 Å². The number of hydrogen-bond donors (Lipinski definition) is 1. The van der Waals surface area contributed by atoms with E-state index in [9.17, 15) is 4.79 Å². The van der Waals surface area contributed by atoms with Gasteiger partial charge in [0.15, 0.2) is 0 Å². The van der Waals surface area contributed by atoms with E-state index in [1.54, 1.807) is 16.8 Å². The number of nitrogens with zero attached hydrogens (tertiary/aromatic N) is 2. The predicted octanol–water partition coefficient (Wildman–Crippen LogP) is 2.32. The Morgan fingerprint density at radius 2 is 2.20 bits per heavy atom. The molecule has 0 atom stereocenters. The fraction of sp³-hybridized carbons (Fsp3) is 0.273. The Morgan fingerprint density at radius 3 is 2.80 bits per heavy atom. The first-order chi connectivity index (χ1) is 7.09. The Bertz CT molecular complexity index is 514. The normalized spacial score (nSPS) is 11.1. The van der Waals surface area contributed by atoms with Crippen LogP contribution in [0.4, 0.5) is 0 Å². The van der Waals surface area contributed by atoms with Crippen molar-refractivity contribution in [2.45, 2.75) is 19.9 Å². The van der Waals surface area contributed by atoms with Gasteiger partial charge in [-0.05, 0) is 19.9 Å². The lowest BCUT2D eigenvalue weighted by Crippen LogP contribution is -2.01. The Hall–Kier alpha value is -1.84. The second kappa shape index (κ2) is 3.38. The number of aromatic nitrogens is 2. The molecule has 0 bridgehead atoms. The molecule has 1 aromatic heterocycles. The van der Waals surface area contributed by atoms with Gasteiger partial charge in [0.1, 0.15) is 5.52 Å². The van der Waals surface area contributed by atoms with E-state index in [2.05, 4.69) is 5.10 Å². The Kier molecular flexibility index (Phi) is 2.19. The molecule has 0 unspecified atom stereocenters. The van der Waals surface area contributed by atoms with E-state index in [4.69, 9.17) is 5.11 Å². The zero-order valence-corrected chi connectivity index (χ0v) is 8.64. The number of fused-ring (bicyclic) bond motifs is 1. The van der Waals surface area contributed by atoms with Crippen molar-refractivity contribution in [3.63, 3.8) is 0 Å². The smallest absolute Gasteiger partial charge is 0.337 e. The SMILES string of the molecule is CC(C)n1cc2cccc(C(=O)O)c2n1. The Balaban J connectivity index is 2.70. The summed E-state index contributed by atoms with van der Waals surface area (Å²) in [5.41, 5.74) is 0.811. The predicted molar refractivity (Wildman–Crippen MR) is 57.1 cm³/mol. The number of aromatic carboxylic acids is 1. The molecule has 4 heteroatoms. The van der Waals surface area contributed by atoms with E-state index in [-0.39, 0.29) is 11.6 Å². The molecule has 0 saturated carbocycles. The highest BCUT2D eigenvalue weighted by Crippen LogP contribution is 2.18. The molecular formula is C11H12N2O2.